The average Bonchev–Trinajstić information content (AvgIpc) is 3.94. The molecule has 0 saturated heterocycles. The normalized spacial score (nSPS) is 42.5. The zero-order valence-electron chi connectivity index (χ0n) is 48.9. The van der Waals surface area contributed by atoms with Crippen LogP contribution in [0.2, 0.25) is 0 Å². The van der Waals surface area contributed by atoms with Crippen LogP contribution in [0.5, 0.6) is 0 Å². The molecule has 0 aromatic rings. The first-order chi connectivity index (χ1) is 35.1. The lowest BCUT2D eigenvalue weighted by atomic mass is 9.48. The van der Waals surface area contributed by atoms with Crippen molar-refractivity contribution in [3.63, 3.8) is 0 Å². The third-order valence-electron chi connectivity index (χ3n) is 22.1. The van der Waals surface area contributed by atoms with E-state index in [2.05, 4.69) is 12.1 Å². The van der Waals surface area contributed by atoms with Crippen molar-refractivity contribution in [3.8, 4) is 12.1 Å². The minimum absolute atomic E-state index is 0.0722. The van der Waals surface area contributed by atoms with Crippen molar-refractivity contribution in [2.45, 2.75) is 283 Å². The molecule has 10 unspecified atom stereocenters. The molecule has 426 valence electrons. The van der Waals surface area contributed by atoms with Gasteiger partial charge in [0.05, 0.1) is 56.0 Å². The van der Waals surface area contributed by atoms with Crippen molar-refractivity contribution in [2.75, 3.05) is 0 Å². The number of nitrogens with zero attached hydrogens (tertiary/aromatic N) is 2. The summed E-state index contributed by atoms with van der Waals surface area (Å²) in [5.74, 6) is 3.24. The van der Waals surface area contributed by atoms with E-state index in [-0.39, 0.29) is 63.8 Å². The summed E-state index contributed by atoms with van der Waals surface area (Å²) < 4.78 is 23.5. The molecule has 0 aliphatic heterocycles. The van der Waals surface area contributed by atoms with E-state index in [0.717, 1.165) is 122 Å². The minimum Gasteiger partial charge on any atom is -0.462 e. The van der Waals surface area contributed by atoms with E-state index in [1.807, 2.05) is 83.1 Å². The maximum Gasteiger partial charge on any atom is 0.312 e. The SMILES string of the molecule is CCC(C)(C)C(=O)OC12CC3CC(CC(C#N)(C3)C1)C2.CCC(C)(C)C(=O)OC12CC3CC(CC(O)(C3)C1)C2.CCC(C)(C)C(=O)OC12CC3CC(O)(CC(O)(C3)C1)C2.CCC(C)(C)C(=O)OC1CC2CC1CC2C#N. The molecule has 3 N–H and O–H groups in total. The summed E-state index contributed by atoms with van der Waals surface area (Å²) >= 11 is 0. The van der Waals surface area contributed by atoms with E-state index in [1.165, 1.54) is 12.8 Å². The maximum absolute atomic E-state index is 12.5. The van der Waals surface area contributed by atoms with Crippen LogP contribution in [0, 0.1) is 97.1 Å². The van der Waals surface area contributed by atoms with Crippen LogP contribution in [0.1, 0.15) is 244 Å². The van der Waals surface area contributed by atoms with Crippen LogP contribution < -0.4 is 0 Å². The summed E-state index contributed by atoms with van der Waals surface area (Å²) in [5.41, 5.74) is -5.49. The Hall–Kier alpha value is -3.26. The third kappa shape index (κ3) is 11.9. The molecular weight excluding hydrogens is 961 g/mol. The molecule has 0 spiro atoms. The summed E-state index contributed by atoms with van der Waals surface area (Å²) in [4.78, 5) is 49.2. The molecule has 0 heterocycles. The number of ether oxygens (including phenoxy) is 4. The van der Waals surface area contributed by atoms with E-state index in [0.29, 0.717) is 61.2 Å². The van der Waals surface area contributed by atoms with Gasteiger partial charge in [-0.05, 0) is 225 Å². The van der Waals surface area contributed by atoms with Gasteiger partial charge in [0.1, 0.15) is 22.9 Å². The highest BCUT2D eigenvalue weighted by atomic mass is 16.6. The average molecular weight is 1060 g/mol. The van der Waals surface area contributed by atoms with Crippen LogP contribution >= 0.6 is 0 Å². The topological polar surface area (TPSA) is 213 Å². The highest BCUT2D eigenvalue weighted by Gasteiger charge is 2.66. The number of carbonyl (C=O) groups is 4. The lowest BCUT2D eigenvalue weighted by molar-refractivity contribution is -0.264. The summed E-state index contributed by atoms with van der Waals surface area (Å²) in [6.07, 6.45) is 21.4. The van der Waals surface area contributed by atoms with Gasteiger partial charge < -0.3 is 34.3 Å². The molecule has 0 aromatic heterocycles. The number of hydrogen-bond acceptors (Lipinski definition) is 13. The Morgan fingerprint density at radius 3 is 1.21 bits per heavy atom. The van der Waals surface area contributed by atoms with Crippen LogP contribution in [-0.4, -0.2) is 78.9 Å². The van der Waals surface area contributed by atoms with E-state index in [4.69, 9.17) is 24.2 Å². The molecule has 0 amide bonds. The fourth-order valence-corrected chi connectivity index (χ4v) is 17.4. The van der Waals surface area contributed by atoms with Crippen molar-refractivity contribution in [2.24, 2.45) is 74.4 Å². The van der Waals surface area contributed by atoms with Gasteiger partial charge in [0.15, 0.2) is 0 Å². The van der Waals surface area contributed by atoms with Crippen LogP contribution in [0.15, 0.2) is 0 Å². The smallest absolute Gasteiger partial charge is 0.312 e. The first-order valence-electron chi connectivity index (χ1n) is 30.0. The molecule has 14 fully saturated rings. The second-order valence-electron chi connectivity index (χ2n) is 30.6. The van der Waals surface area contributed by atoms with E-state index >= 15 is 0 Å². The number of hydrogen-bond donors (Lipinski definition) is 3. The molecule has 14 aliphatic rings. The number of rotatable bonds is 12. The Morgan fingerprint density at radius 1 is 0.447 bits per heavy atom. The number of nitriles is 2. The highest BCUT2D eigenvalue weighted by molar-refractivity contribution is 5.78. The predicted molar refractivity (Wildman–Crippen MR) is 286 cm³/mol. The zero-order valence-corrected chi connectivity index (χ0v) is 48.9. The summed E-state index contributed by atoms with van der Waals surface area (Å²) in [6, 6.07) is 4.94. The molecule has 0 radical (unpaired) electrons. The van der Waals surface area contributed by atoms with Gasteiger partial charge in [0, 0.05) is 38.0 Å². The van der Waals surface area contributed by atoms with Crippen LogP contribution in [0.3, 0.4) is 0 Å². The van der Waals surface area contributed by atoms with Crippen molar-refractivity contribution in [3.05, 3.63) is 0 Å². The zero-order chi connectivity index (χ0) is 55.9. The largest absolute Gasteiger partial charge is 0.462 e. The van der Waals surface area contributed by atoms with Crippen molar-refractivity contribution < 1.29 is 53.4 Å². The maximum atomic E-state index is 12.5. The van der Waals surface area contributed by atoms with Gasteiger partial charge in [0.25, 0.3) is 0 Å². The van der Waals surface area contributed by atoms with Gasteiger partial charge in [-0.25, -0.2) is 0 Å². The van der Waals surface area contributed by atoms with Gasteiger partial charge in [-0.1, -0.05) is 27.7 Å². The predicted octanol–water partition coefficient (Wildman–Crippen LogP) is 11.9. The van der Waals surface area contributed by atoms with Crippen LogP contribution in [0.25, 0.3) is 0 Å². The summed E-state index contributed by atoms with van der Waals surface area (Å²) in [6.45, 7) is 23.5. The monoisotopic (exact) mass is 1060 g/mol. The van der Waals surface area contributed by atoms with Gasteiger partial charge >= 0.3 is 23.9 Å². The summed E-state index contributed by atoms with van der Waals surface area (Å²) in [5, 5.41) is 50.5. The Morgan fingerprint density at radius 2 is 0.829 bits per heavy atom. The Labute approximate surface area is 456 Å². The van der Waals surface area contributed by atoms with Gasteiger partial charge in [-0.3, -0.25) is 19.2 Å². The molecule has 14 aliphatic carbocycles. The number of esters is 4. The standard InChI is InChI=1S/C17H25NO2.C16H26O4.C16H26O3.C14H21NO2/c1-4-15(2,3)14(19)20-17-8-12-5-13(9-17)7-16(6-12,10-17)11-18;1-4-13(2,3)12(17)20-16-7-11-5-14(18,9-16)8-15(19,6-11)10-16;1-4-14(2,3)13(17)19-16-8-11-5-12(9-16)7-15(18,6-11)10-16;1-4-14(2,3)13(16)17-12-7-9-5-10(12)6-11(9)8-15/h12-13H,4-10H2,1-3H3;11,18-19H,4-10H2,1-3H3;11-12,18H,4-10H2,1-3H3;9-12H,4-7H2,1-3H3. The second-order valence-corrected chi connectivity index (χ2v) is 30.6. The molecular formula is C63H98N2O11. The quantitative estimate of drug-likeness (QED) is 0.123. The molecule has 14 bridgehead atoms. The van der Waals surface area contributed by atoms with Gasteiger partial charge in [0.2, 0.25) is 0 Å². The Balaban J connectivity index is 0.000000135. The first-order valence-corrected chi connectivity index (χ1v) is 30.0. The lowest BCUT2D eigenvalue weighted by Crippen LogP contribution is -2.67. The number of fused-ring (bicyclic) bond motifs is 2. The molecule has 10 atom stereocenters. The van der Waals surface area contributed by atoms with Crippen LogP contribution in [-0.2, 0) is 38.1 Å². The molecule has 76 heavy (non-hydrogen) atoms. The van der Waals surface area contributed by atoms with Crippen molar-refractivity contribution >= 4 is 23.9 Å². The molecule has 14 saturated carbocycles. The van der Waals surface area contributed by atoms with Gasteiger partial charge in [-0.2, -0.15) is 10.5 Å². The number of carbonyl (C=O) groups excluding carboxylic acids is 4. The summed E-state index contributed by atoms with van der Waals surface area (Å²) in [7, 11) is 0. The first kappa shape index (κ1) is 58.9. The van der Waals surface area contributed by atoms with Crippen LogP contribution in [0.4, 0.5) is 0 Å². The fraction of sp³-hybridized carbons (Fsp3) is 0.905. The fourth-order valence-electron chi connectivity index (χ4n) is 17.4. The minimum atomic E-state index is -0.842. The van der Waals surface area contributed by atoms with E-state index < -0.39 is 38.6 Å². The van der Waals surface area contributed by atoms with Crippen molar-refractivity contribution in [1.82, 2.24) is 0 Å². The lowest BCUT2D eigenvalue weighted by Gasteiger charge is -2.62. The third-order valence-corrected chi connectivity index (χ3v) is 22.1. The molecule has 14 rings (SSSR count). The number of aliphatic hydroxyl groups is 3. The van der Waals surface area contributed by atoms with Gasteiger partial charge in [-0.15, -0.1) is 0 Å². The second kappa shape index (κ2) is 20.4. The molecule has 0 aromatic carbocycles. The van der Waals surface area contributed by atoms with E-state index in [1.54, 1.807) is 0 Å². The van der Waals surface area contributed by atoms with Crippen molar-refractivity contribution in [1.29, 1.82) is 10.5 Å². The Bertz CT molecular complexity index is 2260. The Kier molecular flexibility index (Phi) is 15.8. The molecule has 13 heteroatoms. The highest BCUT2D eigenvalue weighted by Crippen LogP contribution is 2.64. The van der Waals surface area contributed by atoms with E-state index in [9.17, 15) is 39.8 Å². The molecule has 13 nitrogen and oxygen atoms in total.